The smallest absolute Gasteiger partial charge is 0.125 e. The molecule has 0 atom stereocenters. The van der Waals surface area contributed by atoms with Crippen LogP contribution in [0, 0.1) is 0 Å². The molecule has 2 heterocycles. The number of rotatable bonds is 4. The lowest BCUT2D eigenvalue weighted by Crippen LogP contribution is -2.11. The number of pyridine rings is 1. The largest absolute Gasteiger partial charge is 0.467 e. The fraction of sp³-hybridized carbons (Fsp3) is 0.188. The van der Waals surface area contributed by atoms with E-state index < -0.39 is 0 Å². The van der Waals surface area contributed by atoms with Crippen molar-refractivity contribution in [1.82, 2.24) is 10.3 Å². The molecule has 0 aliphatic rings. The Bertz CT molecular complexity index is 688. The Hall–Kier alpha value is -2.13. The summed E-state index contributed by atoms with van der Waals surface area (Å²) in [5.74, 6) is 0.957. The summed E-state index contributed by atoms with van der Waals surface area (Å²) in [5, 5.41) is 4.43. The third kappa shape index (κ3) is 2.37. The second-order valence-electron chi connectivity index (χ2n) is 4.45. The van der Waals surface area contributed by atoms with E-state index in [1.807, 2.05) is 30.5 Å². The zero-order valence-electron chi connectivity index (χ0n) is 10.9. The van der Waals surface area contributed by atoms with Crippen molar-refractivity contribution in [2.75, 3.05) is 6.54 Å². The first-order valence-electron chi connectivity index (χ1n) is 6.50. The molecule has 0 spiro atoms. The topological polar surface area (TPSA) is 38.1 Å². The lowest BCUT2D eigenvalue weighted by Gasteiger charge is -2.04. The van der Waals surface area contributed by atoms with Crippen LogP contribution in [0.5, 0.6) is 0 Å². The number of nitrogens with zero attached hydrogens (tertiary/aromatic N) is 1. The second kappa shape index (κ2) is 5.24. The van der Waals surface area contributed by atoms with E-state index in [1.165, 1.54) is 0 Å². The van der Waals surface area contributed by atoms with Crippen LogP contribution in [0.2, 0.25) is 0 Å². The molecule has 1 N–H and O–H groups in total. The Morgan fingerprint density at radius 3 is 3.00 bits per heavy atom. The number of nitrogens with one attached hydrogen (secondary N) is 1. The third-order valence-electron chi connectivity index (χ3n) is 3.18. The van der Waals surface area contributed by atoms with Crippen molar-refractivity contribution in [3.05, 3.63) is 54.6 Å². The fourth-order valence-electron chi connectivity index (χ4n) is 2.19. The van der Waals surface area contributed by atoms with E-state index >= 15 is 0 Å². The highest BCUT2D eigenvalue weighted by Gasteiger charge is 2.09. The van der Waals surface area contributed by atoms with Gasteiger partial charge in [0.25, 0.3) is 0 Å². The minimum absolute atomic E-state index is 0.742. The summed E-state index contributed by atoms with van der Waals surface area (Å²) < 4.78 is 5.54. The Balaban J connectivity index is 2.01. The maximum atomic E-state index is 5.54. The van der Waals surface area contributed by atoms with Gasteiger partial charge in [-0.3, -0.25) is 4.98 Å². The molecule has 3 aromatic rings. The van der Waals surface area contributed by atoms with Crippen LogP contribution in [-0.2, 0) is 6.54 Å². The fourth-order valence-corrected chi connectivity index (χ4v) is 2.19. The van der Waals surface area contributed by atoms with Gasteiger partial charge in [-0.05, 0) is 24.7 Å². The summed E-state index contributed by atoms with van der Waals surface area (Å²) in [7, 11) is 0. The Morgan fingerprint density at radius 1 is 1.21 bits per heavy atom. The van der Waals surface area contributed by atoms with Gasteiger partial charge in [-0.2, -0.15) is 0 Å². The number of hydrogen-bond acceptors (Lipinski definition) is 3. The van der Waals surface area contributed by atoms with Gasteiger partial charge < -0.3 is 9.73 Å². The van der Waals surface area contributed by atoms with Gasteiger partial charge in [-0.15, -0.1) is 0 Å². The van der Waals surface area contributed by atoms with Crippen LogP contribution in [0.1, 0.15) is 12.7 Å². The van der Waals surface area contributed by atoms with E-state index in [2.05, 4.69) is 29.4 Å². The average molecular weight is 252 g/mol. The van der Waals surface area contributed by atoms with Gasteiger partial charge in [-0.25, -0.2) is 0 Å². The highest BCUT2D eigenvalue weighted by atomic mass is 16.3. The molecule has 0 bridgehead atoms. The van der Waals surface area contributed by atoms with Crippen molar-refractivity contribution < 1.29 is 4.42 Å². The molecular weight excluding hydrogens is 236 g/mol. The molecule has 3 heteroatoms. The zero-order chi connectivity index (χ0) is 13.1. The van der Waals surface area contributed by atoms with Gasteiger partial charge in [0.05, 0.1) is 18.3 Å². The van der Waals surface area contributed by atoms with Gasteiger partial charge >= 0.3 is 0 Å². The molecule has 1 aromatic carbocycles. The number of furan rings is 1. The highest BCUT2D eigenvalue weighted by Crippen LogP contribution is 2.26. The lowest BCUT2D eigenvalue weighted by molar-refractivity contribution is 0.489. The number of hydrogen-bond donors (Lipinski definition) is 1. The monoisotopic (exact) mass is 252 g/mol. The predicted molar refractivity (Wildman–Crippen MR) is 76.8 cm³/mol. The van der Waals surface area contributed by atoms with Crippen LogP contribution in [0.25, 0.3) is 22.0 Å². The molecule has 0 radical (unpaired) electrons. The maximum Gasteiger partial charge on any atom is 0.125 e. The molecule has 3 nitrogen and oxygen atoms in total. The summed E-state index contributed by atoms with van der Waals surface area (Å²) in [6.45, 7) is 3.75. The molecule has 0 aliphatic heterocycles. The van der Waals surface area contributed by atoms with Gasteiger partial charge in [0, 0.05) is 22.7 Å². The number of fused-ring (bicyclic) bond motifs is 1. The summed E-state index contributed by atoms with van der Waals surface area (Å²) in [6.07, 6.45) is 3.64. The minimum Gasteiger partial charge on any atom is -0.467 e. The van der Waals surface area contributed by atoms with E-state index in [-0.39, 0.29) is 0 Å². The van der Waals surface area contributed by atoms with E-state index in [0.717, 1.165) is 40.9 Å². The second-order valence-corrected chi connectivity index (χ2v) is 4.45. The van der Waals surface area contributed by atoms with E-state index in [9.17, 15) is 0 Å². The van der Waals surface area contributed by atoms with Crippen molar-refractivity contribution in [2.45, 2.75) is 13.5 Å². The molecule has 0 amide bonds. The zero-order valence-corrected chi connectivity index (χ0v) is 10.9. The molecule has 0 aliphatic carbocycles. The Labute approximate surface area is 112 Å². The van der Waals surface area contributed by atoms with Gasteiger partial charge in [0.15, 0.2) is 0 Å². The molecule has 0 saturated heterocycles. The first kappa shape index (κ1) is 11.9. The van der Waals surface area contributed by atoms with Crippen LogP contribution < -0.4 is 5.32 Å². The molecule has 96 valence electrons. The normalized spacial score (nSPS) is 11.0. The van der Waals surface area contributed by atoms with Crippen molar-refractivity contribution in [1.29, 1.82) is 0 Å². The third-order valence-corrected chi connectivity index (χ3v) is 3.18. The maximum absolute atomic E-state index is 5.54. The van der Waals surface area contributed by atoms with Crippen LogP contribution >= 0.6 is 0 Å². The molecular formula is C16H16N2O. The van der Waals surface area contributed by atoms with Crippen LogP contribution in [0.4, 0.5) is 0 Å². The van der Waals surface area contributed by atoms with Crippen LogP contribution in [0.15, 0.2) is 53.3 Å². The summed E-state index contributed by atoms with van der Waals surface area (Å²) in [4.78, 5) is 4.50. The summed E-state index contributed by atoms with van der Waals surface area (Å²) in [5.41, 5.74) is 3.22. The first-order chi connectivity index (χ1) is 9.38. The molecule has 2 aromatic heterocycles. The summed E-state index contributed by atoms with van der Waals surface area (Å²) in [6, 6.07) is 12.3. The molecule has 0 fully saturated rings. The predicted octanol–water partition coefficient (Wildman–Crippen LogP) is 3.60. The number of para-hydroxylation sites is 1. The highest BCUT2D eigenvalue weighted by molar-refractivity contribution is 5.83. The summed E-state index contributed by atoms with van der Waals surface area (Å²) >= 11 is 0. The number of aromatic nitrogens is 1. The van der Waals surface area contributed by atoms with Crippen molar-refractivity contribution in [3.8, 4) is 11.1 Å². The molecule has 0 unspecified atom stereocenters. The van der Waals surface area contributed by atoms with E-state index in [4.69, 9.17) is 4.42 Å². The average Bonchev–Trinajstić information content (AvgIpc) is 2.93. The van der Waals surface area contributed by atoms with Crippen LogP contribution in [-0.4, -0.2) is 11.5 Å². The lowest BCUT2D eigenvalue weighted by atomic mass is 10.1. The standard InChI is InChI=1S/C16H16N2O/c1-2-17-11-16-14(7-8-19-16)13-9-12-5-3-4-6-15(12)18-10-13/h3-10,17H,2,11H2,1H3. The van der Waals surface area contributed by atoms with Gasteiger partial charge in [-0.1, -0.05) is 25.1 Å². The SMILES string of the molecule is CCNCc1occc1-c1cnc2ccccc2c1. The Morgan fingerprint density at radius 2 is 2.11 bits per heavy atom. The first-order valence-corrected chi connectivity index (χ1v) is 6.50. The molecule has 0 saturated carbocycles. The van der Waals surface area contributed by atoms with Crippen LogP contribution in [0.3, 0.4) is 0 Å². The van der Waals surface area contributed by atoms with Crippen molar-refractivity contribution in [2.24, 2.45) is 0 Å². The quantitative estimate of drug-likeness (QED) is 0.771. The Kier molecular flexibility index (Phi) is 3.29. The van der Waals surface area contributed by atoms with Gasteiger partial charge in [0.2, 0.25) is 0 Å². The van der Waals surface area contributed by atoms with Crippen molar-refractivity contribution in [3.63, 3.8) is 0 Å². The van der Waals surface area contributed by atoms with E-state index in [0.29, 0.717) is 0 Å². The molecule has 19 heavy (non-hydrogen) atoms. The minimum atomic E-state index is 0.742. The van der Waals surface area contributed by atoms with Crippen molar-refractivity contribution >= 4 is 10.9 Å². The van der Waals surface area contributed by atoms with E-state index in [1.54, 1.807) is 6.26 Å². The van der Waals surface area contributed by atoms with Gasteiger partial charge in [0.1, 0.15) is 5.76 Å². The number of benzene rings is 1. The molecule has 3 rings (SSSR count).